The van der Waals surface area contributed by atoms with Gasteiger partial charge in [0.25, 0.3) is 0 Å². The normalized spacial score (nSPS) is 14.6. The molecule has 1 aliphatic heterocycles. The highest BCUT2D eigenvalue weighted by Crippen LogP contribution is 2.30. The molecular formula is C25H27N7O2. The van der Waals surface area contributed by atoms with Gasteiger partial charge in [-0.05, 0) is 68.0 Å². The Labute approximate surface area is 197 Å². The predicted octanol–water partition coefficient (Wildman–Crippen LogP) is 4.00. The lowest BCUT2D eigenvalue weighted by Crippen LogP contribution is -2.36. The van der Waals surface area contributed by atoms with E-state index in [1.54, 1.807) is 13.0 Å². The minimum Gasteiger partial charge on any atom is -0.478 e. The van der Waals surface area contributed by atoms with Gasteiger partial charge in [-0.2, -0.15) is 0 Å². The highest BCUT2D eigenvalue weighted by Gasteiger charge is 2.25. The molecule has 0 amide bonds. The lowest BCUT2D eigenvalue weighted by molar-refractivity contribution is 0.0696. The Kier molecular flexibility index (Phi) is 5.69. The second kappa shape index (κ2) is 8.81. The molecule has 1 aliphatic rings. The number of aromatic carboxylic acids is 1. The molecule has 0 atom stereocenters. The average molecular weight is 458 g/mol. The number of rotatable bonds is 5. The summed E-state index contributed by atoms with van der Waals surface area (Å²) in [6, 6.07) is 5.74. The third-order valence-corrected chi connectivity index (χ3v) is 6.63. The van der Waals surface area contributed by atoms with Crippen molar-refractivity contribution in [3.05, 3.63) is 59.0 Å². The van der Waals surface area contributed by atoms with Gasteiger partial charge in [0.2, 0.25) is 5.95 Å². The number of carboxylic acids is 1. The molecule has 0 aliphatic carbocycles. The van der Waals surface area contributed by atoms with Crippen molar-refractivity contribution in [3.63, 3.8) is 0 Å². The van der Waals surface area contributed by atoms with E-state index in [1.807, 2.05) is 42.3 Å². The Hall–Kier alpha value is -3.88. The fourth-order valence-corrected chi connectivity index (χ4v) is 4.58. The molecule has 174 valence electrons. The van der Waals surface area contributed by atoms with Crippen LogP contribution in [0.4, 0.5) is 5.95 Å². The maximum Gasteiger partial charge on any atom is 0.335 e. The van der Waals surface area contributed by atoms with Gasteiger partial charge < -0.3 is 10.0 Å². The van der Waals surface area contributed by atoms with Crippen LogP contribution in [0.15, 0.2) is 36.8 Å². The number of benzene rings is 1. The number of hydrogen-bond acceptors (Lipinski definition) is 7. The van der Waals surface area contributed by atoms with Crippen LogP contribution in [0, 0.1) is 13.8 Å². The van der Waals surface area contributed by atoms with Crippen molar-refractivity contribution < 1.29 is 9.90 Å². The van der Waals surface area contributed by atoms with Crippen molar-refractivity contribution in [2.24, 2.45) is 0 Å². The number of piperidine rings is 1. The number of nitrogens with zero attached hydrogens (tertiary/aromatic N) is 7. The number of aromatic nitrogens is 6. The smallest absolute Gasteiger partial charge is 0.335 e. The van der Waals surface area contributed by atoms with Crippen LogP contribution in [0.2, 0.25) is 0 Å². The summed E-state index contributed by atoms with van der Waals surface area (Å²) in [6.07, 6.45) is 8.41. The Morgan fingerprint density at radius 2 is 1.76 bits per heavy atom. The van der Waals surface area contributed by atoms with Crippen LogP contribution in [0.1, 0.15) is 52.9 Å². The summed E-state index contributed by atoms with van der Waals surface area (Å²) in [5, 5.41) is 18.2. The fourth-order valence-electron chi connectivity index (χ4n) is 4.58. The van der Waals surface area contributed by atoms with E-state index in [0.717, 1.165) is 71.7 Å². The summed E-state index contributed by atoms with van der Waals surface area (Å²) in [5.74, 6) is -0.140. The van der Waals surface area contributed by atoms with E-state index in [1.165, 1.54) is 0 Å². The van der Waals surface area contributed by atoms with E-state index in [0.29, 0.717) is 11.1 Å². The van der Waals surface area contributed by atoms with Gasteiger partial charge >= 0.3 is 5.97 Å². The number of carboxylic acid groups (broad SMARTS) is 1. The molecule has 0 bridgehead atoms. The van der Waals surface area contributed by atoms with Crippen LogP contribution in [0.3, 0.4) is 0 Å². The minimum absolute atomic E-state index is 0.239. The quantitative estimate of drug-likeness (QED) is 0.479. The first-order valence-corrected chi connectivity index (χ1v) is 11.6. The zero-order valence-electron chi connectivity index (χ0n) is 19.6. The van der Waals surface area contributed by atoms with Gasteiger partial charge in [0.15, 0.2) is 0 Å². The van der Waals surface area contributed by atoms with Crippen molar-refractivity contribution in [2.75, 3.05) is 18.0 Å². The molecule has 34 heavy (non-hydrogen) atoms. The maximum absolute atomic E-state index is 11.4. The molecule has 4 aromatic rings. The van der Waals surface area contributed by atoms with E-state index in [2.05, 4.69) is 37.1 Å². The average Bonchev–Trinajstić information content (AvgIpc) is 3.28. The van der Waals surface area contributed by atoms with Gasteiger partial charge in [-0.3, -0.25) is 4.98 Å². The van der Waals surface area contributed by atoms with Crippen molar-refractivity contribution in [1.82, 2.24) is 29.9 Å². The minimum atomic E-state index is -0.922. The van der Waals surface area contributed by atoms with E-state index in [-0.39, 0.29) is 6.04 Å². The number of pyridine rings is 1. The highest BCUT2D eigenvalue weighted by molar-refractivity contribution is 5.91. The van der Waals surface area contributed by atoms with E-state index >= 15 is 0 Å². The second-order valence-electron chi connectivity index (χ2n) is 8.84. The molecule has 0 spiro atoms. The first kappa shape index (κ1) is 21.9. The topological polar surface area (TPSA) is 110 Å². The summed E-state index contributed by atoms with van der Waals surface area (Å²) in [6.45, 7) is 7.52. The SMILES string of the molecule is CCc1cnc(N2CCC(n3nnc4cc(-c5cc(C)c(C(=O)O)cc5C)ncc43)CC2)nc1. The van der Waals surface area contributed by atoms with Crippen LogP contribution < -0.4 is 4.90 Å². The molecule has 0 unspecified atom stereocenters. The van der Waals surface area contributed by atoms with E-state index in [4.69, 9.17) is 0 Å². The Morgan fingerprint density at radius 3 is 2.44 bits per heavy atom. The third kappa shape index (κ3) is 3.98. The molecular weight excluding hydrogens is 430 g/mol. The monoisotopic (exact) mass is 457 g/mol. The van der Waals surface area contributed by atoms with Gasteiger partial charge in [-0.1, -0.05) is 12.1 Å². The molecule has 9 nitrogen and oxygen atoms in total. The van der Waals surface area contributed by atoms with Crippen LogP contribution >= 0.6 is 0 Å². The number of anilines is 1. The van der Waals surface area contributed by atoms with Gasteiger partial charge in [0, 0.05) is 31.0 Å². The lowest BCUT2D eigenvalue weighted by Gasteiger charge is -2.32. The summed E-state index contributed by atoms with van der Waals surface area (Å²) in [4.78, 5) is 27.4. The molecule has 9 heteroatoms. The summed E-state index contributed by atoms with van der Waals surface area (Å²) in [5.41, 5.74) is 6.38. The Morgan fingerprint density at radius 1 is 1.03 bits per heavy atom. The highest BCUT2D eigenvalue weighted by atomic mass is 16.4. The molecule has 1 fully saturated rings. The second-order valence-corrected chi connectivity index (χ2v) is 8.84. The van der Waals surface area contributed by atoms with Crippen LogP contribution in [0.5, 0.6) is 0 Å². The van der Waals surface area contributed by atoms with Crippen LogP contribution in [-0.2, 0) is 6.42 Å². The first-order chi connectivity index (χ1) is 16.4. The van der Waals surface area contributed by atoms with Crippen molar-refractivity contribution in [1.29, 1.82) is 0 Å². The predicted molar refractivity (Wildman–Crippen MR) is 129 cm³/mol. The molecule has 0 saturated carbocycles. The van der Waals surface area contributed by atoms with Gasteiger partial charge in [-0.15, -0.1) is 5.10 Å². The fraction of sp³-hybridized carbons (Fsp3) is 0.360. The number of carbonyl (C=O) groups is 1. The largest absolute Gasteiger partial charge is 0.478 e. The Balaban J connectivity index is 1.35. The number of hydrogen-bond donors (Lipinski definition) is 1. The molecule has 5 rings (SSSR count). The van der Waals surface area contributed by atoms with Crippen molar-refractivity contribution in [2.45, 2.75) is 46.1 Å². The molecule has 1 saturated heterocycles. The lowest BCUT2D eigenvalue weighted by atomic mass is 9.97. The maximum atomic E-state index is 11.4. The van der Waals surface area contributed by atoms with Gasteiger partial charge in [0.1, 0.15) is 11.0 Å². The van der Waals surface area contributed by atoms with E-state index in [9.17, 15) is 9.90 Å². The zero-order valence-corrected chi connectivity index (χ0v) is 19.6. The standard InChI is InChI=1S/C25H27N7O2/c1-4-17-12-27-25(28-13-17)31-7-5-18(6-8-31)32-23-14-26-21(11-22(23)29-30-32)19-9-16(3)20(24(33)34)10-15(19)2/h9-14,18H,4-8H2,1-3H3,(H,33,34). The Bertz CT molecular complexity index is 1360. The summed E-state index contributed by atoms with van der Waals surface area (Å²) in [7, 11) is 0. The molecule has 4 heterocycles. The molecule has 0 radical (unpaired) electrons. The van der Waals surface area contributed by atoms with E-state index < -0.39 is 5.97 Å². The summed E-state index contributed by atoms with van der Waals surface area (Å²) < 4.78 is 1.98. The summed E-state index contributed by atoms with van der Waals surface area (Å²) >= 11 is 0. The van der Waals surface area contributed by atoms with Gasteiger partial charge in [-0.25, -0.2) is 19.4 Å². The first-order valence-electron chi connectivity index (χ1n) is 11.6. The molecule has 1 N–H and O–H groups in total. The van der Waals surface area contributed by atoms with Crippen LogP contribution in [0.25, 0.3) is 22.3 Å². The molecule has 3 aromatic heterocycles. The van der Waals surface area contributed by atoms with Crippen LogP contribution in [-0.4, -0.2) is 54.1 Å². The number of fused-ring (bicyclic) bond motifs is 1. The van der Waals surface area contributed by atoms with Gasteiger partial charge in [0.05, 0.1) is 23.5 Å². The molecule has 1 aromatic carbocycles. The van der Waals surface area contributed by atoms with Crippen molar-refractivity contribution >= 4 is 23.0 Å². The number of aryl methyl sites for hydroxylation is 3. The van der Waals surface area contributed by atoms with Crippen molar-refractivity contribution in [3.8, 4) is 11.3 Å². The third-order valence-electron chi connectivity index (χ3n) is 6.63. The zero-order chi connectivity index (χ0) is 23.8.